The molecule has 4 rings (SSSR count). The standard InChI is InChI=1S/C15H10N6OS/c22-14-11-8-18-21(15-16-5-1-6-17-15)13(11)19-12(20-14)3-2-10-4-7-23-9-10/h1-9H,(H,19,20,22)/b3-2+. The molecule has 0 amide bonds. The monoisotopic (exact) mass is 322 g/mol. The lowest BCUT2D eigenvalue weighted by Crippen LogP contribution is -2.11. The second-order valence-electron chi connectivity index (χ2n) is 4.68. The molecule has 1 N–H and O–H groups in total. The molecule has 0 bridgehead atoms. The van der Waals surface area contributed by atoms with Crippen molar-refractivity contribution in [3.05, 3.63) is 63.2 Å². The van der Waals surface area contributed by atoms with Gasteiger partial charge in [-0.25, -0.2) is 15.0 Å². The zero-order valence-electron chi connectivity index (χ0n) is 11.7. The summed E-state index contributed by atoms with van der Waals surface area (Å²) in [6.45, 7) is 0. The van der Waals surface area contributed by atoms with Gasteiger partial charge in [0.2, 0.25) is 0 Å². The van der Waals surface area contributed by atoms with Crippen LogP contribution in [0.2, 0.25) is 0 Å². The highest BCUT2D eigenvalue weighted by molar-refractivity contribution is 7.08. The van der Waals surface area contributed by atoms with E-state index in [0.29, 0.717) is 22.8 Å². The van der Waals surface area contributed by atoms with Gasteiger partial charge in [-0.3, -0.25) is 4.79 Å². The number of nitrogens with zero attached hydrogens (tertiary/aromatic N) is 5. The van der Waals surface area contributed by atoms with E-state index in [1.807, 2.05) is 22.9 Å². The summed E-state index contributed by atoms with van der Waals surface area (Å²) >= 11 is 1.61. The molecule has 7 nitrogen and oxygen atoms in total. The number of hydrogen-bond donors (Lipinski definition) is 1. The van der Waals surface area contributed by atoms with Crippen LogP contribution in [-0.2, 0) is 0 Å². The van der Waals surface area contributed by atoms with Gasteiger partial charge in [0.1, 0.15) is 11.2 Å². The minimum Gasteiger partial charge on any atom is -0.306 e. The van der Waals surface area contributed by atoms with E-state index < -0.39 is 0 Å². The molecule has 4 aromatic rings. The molecule has 8 heteroatoms. The van der Waals surface area contributed by atoms with Crippen LogP contribution < -0.4 is 5.56 Å². The molecule has 0 aromatic carbocycles. The average molecular weight is 322 g/mol. The number of rotatable bonds is 3. The second-order valence-corrected chi connectivity index (χ2v) is 5.46. The van der Waals surface area contributed by atoms with Crippen LogP contribution >= 0.6 is 11.3 Å². The summed E-state index contributed by atoms with van der Waals surface area (Å²) in [4.78, 5) is 27.6. The number of aromatic amines is 1. The number of hydrogen-bond acceptors (Lipinski definition) is 6. The quantitative estimate of drug-likeness (QED) is 0.624. The number of H-pyrrole nitrogens is 1. The van der Waals surface area contributed by atoms with E-state index in [9.17, 15) is 4.79 Å². The summed E-state index contributed by atoms with van der Waals surface area (Å²) in [5.41, 5.74) is 1.23. The Kier molecular flexibility index (Phi) is 3.28. The molecular weight excluding hydrogens is 312 g/mol. The first-order chi connectivity index (χ1) is 11.3. The molecule has 0 aliphatic carbocycles. The lowest BCUT2D eigenvalue weighted by Gasteiger charge is -2.00. The molecule has 0 aliphatic rings. The first kappa shape index (κ1) is 13.5. The highest BCUT2D eigenvalue weighted by Gasteiger charge is 2.11. The summed E-state index contributed by atoms with van der Waals surface area (Å²) in [7, 11) is 0. The Bertz CT molecular complexity index is 1030. The topological polar surface area (TPSA) is 89.4 Å². The molecule has 112 valence electrons. The van der Waals surface area contributed by atoms with Crippen molar-refractivity contribution in [2.45, 2.75) is 0 Å². The predicted molar refractivity (Wildman–Crippen MR) is 88.3 cm³/mol. The molecular formula is C15H10N6OS. The zero-order chi connectivity index (χ0) is 15.6. The molecule has 23 heavy (non-hydrogen) atoms. The zero-order valence-corrected chi connectivity index (χ0v) is 12.6. The van der Waals surface area contributed by atoms with Crippen molar-refractivity contribution >= 4 is 34.5 Å². The van der Waals surface area contributed by atoms with E-state index in [2.05, 4.69) is 25.0 Å². The van der Waals surface area contributed by atoms with Crippen LogP contribution in [0.3, 0.4) is 0 Å². The summed E-state index contributed by atoms with van der Waals surface area (Å²) < 4.78 is 1.45. The van der Waals surface area contributed by atoms with E-state index >= 15 is 0 Å². The lowest BCUT2D eigenvalue weighted by atomic mass is 10.3. The van der Waals surface area contributed by atoms with Gasteiger partial charge in [-0.1, -0.05) is 6.08 Å². The maximum atomic E-state index is 12.2. The molecule has 4 heterocycles. The van der Waals surface area contributed by atoms with Gasteiger partial charge in [0.25, 0.3) is 11.5 Å². The Labute approximate surface area is 134 Å². The Hall–Kier alpha value is -3.13. The van der Waals surface area contributed by atoms with Crippen molar-refractivity contribution in [2.75, 3.05) is 0 Å². The van der Waals surface area contributed by atoms with Gasteiger partial charge in [0.05, 0.1) is 6.20 Å². The van der Waals surface area contributed by atoms with Gasteiger partial charge in [-0.05, 0) is 34.5 Å². The highest BCUT2D eigenvalue weighted by atomic mass is 32.1. The Balaban J connectivity index is 1.84. The molecule has 4 aromatic heterocycles. The van der Waals surface area contributed by atoms with E-state index in [4.69, 9.17) is 0 Å². The van der Waals surface area contributed by atoms with Gasteiger partial charge < -0.3 is 4.98 Å². The molecule has 0 saturated carbocycles. The third-order valence-corrected chi connectivity index (χ3v) is 3.88. The van der Waals surface area contributed by atoms with Crippen molar-refractivity contribution in [3.63, 3.8) is 0 Å². The summed E-state index contributed by atoms with van der Waals surface area (Å²) in [5, 5.41) is 8.55. The van der Waals surface area contributed by atoms with Gasteiger partial charge in [-0.15, -0.1) is 0 Å². The fourth-order valence-corrected chi connectivity index (χ4v) is 2.73. The Morgan fingerprint density at radius 1 is 1.22 bits per heavy atom. The number of aromatic nitrogens is 6. The van der Waals surface area contributed by atoms with Crippen molar-refractivity contribution in [1.82, 2.24) is 29.7 Å². The second kappa shape index (κ2) is 5.58. The Morgan fingerprint density at radius 3 is 2.87 bits per heavy atom. The van der Waals surface area contributed by atoms with E-state index in [-0.39, 0.29) is 5.56 Å². The van der Waals surface area contributed by atoms with Crippen LogP contribution in [0.25, 0.3) is 29.1 Å². The number of nitrogens with one attached hydrogen (secondary N) is 1. The summed E-state index contributed by atoms with van der Waals surface area (Å²) in [5.74, 6) is 0.819. The van der Waals surface area contributed by atoms with Gasteiger partial charge in [0, 0.05) is 12.4 Å². The van der Waals surface area contributed by atoms with Crippen molar-refractivity contribution in [1.29, 1.82) is 0 Å². The number of fused-ring (bicyclic) bond motifs is 1. The third-order valence-electron chi connectivity index (χ3n) is 3.17. The molecule has 0 atom stereocenters. The normalized spacial score (nSPS) is 11.5. The first-order valence-electron chi connectivity index (χ1n) is 6.77. The maximum absolute atomic E-state index is 12.2. The van der Waals surface area contributed by atoms with Crippen LogP contribution in [0.1, 0.15) is 11.4 Å². The molecule has 0 unspecified atom stereocenters. The minimum absolute atomic E-state index is 0.248. The Morgan fingerprint density at radius 2 is 2.09 bits per heavy atom. The van der Waals surface area contributed by atoms with Crippen molar-refractivity contribution in [3.8, 4) is 5.95 Å². The van der Waals surface area contributed by atoms with Gasteiger partial charge in [-0.2, -0.15) is 21.1 Å². The van der Waals surface area contributed by atoms with E-state index in [1.165, 1.54) is 10.9 Å². The maximum Gasteiger partial charge on any atom is 0.262 e. The van der Waals surface area contributed by atoms with E-state index in [0.717, 1.165) is 5.56 Å². The van der Waals surface area contributed by atoms with Crippen LogP contribution in [0.4, 0.5) is 0 Å². The van der Waals surface area contributed by atoms with Crippen molar-refractivity contribution in [2.24, 2.45) is 0 Å². The number of thiophene rings is 1. The average Bonchev–Trinajstić information content (AvgIpc) is 3.23. The predicted octanol–water partition coefficient (Wildman–Crippen LogP) is 2.13. The van der Waals surface area contributed by atoms with Gasteiger partial charge >= 0.3 is 0 Å². The smallest absolute Gasteiger partial charge is 0.262 e. The summed E-state index contributed by atoms with van der Waals surface area (Å²) in [6, 6.07) is 3.70. The molecule has 0 radical (unpaired) electrons. The fraction of sp³-hybridized carbons (Fsp3) is 0. The van der Waals surface area contributed by atoms with Crippen LogP contribution in [0.5, 0.6) is 0 Å². The first-order valence-corrected chi connectivity index (χ1v) is 7.71. The molecule has 0 fully saturated rings. The summed E-state index contributed by atoms with van der Waals surface area (Å²) in [6.07, 6.45) is 8.33. The lowest BCUT2D eigenvalue weighted by molar-refractivity contribution is 0.821. The third kappa shape index (κ3) is 2.55. The fourth-order valence-electron chi connectivity index (χ4n) is 2.11. The molecule has 0 spiro atoms. The van der Waals surface area contributed by atoms with Crippen LogP contribution in [-0.4, -0.2) is 29.7 Å². The van der Waals surface area contributed by atoms with Gasteiger partial charge in [0.15, 0.2) is 5.65 Å². The van der Waals surface area contributed by atoms with Crippen LogP contribution in [0.15, 0.2) is 46.3 Å². The van der Waals surface area contributed by atoms with Crippen LogP contribution in [0, 0.1) is 0 Å². The van der Waals surface area contributed by atoms with Crippen molar-refractivity contribution < 1.29 is 0 Å². The SMILES string of the molecule is O=c1[nH]c(/C=C/c2ccsc2)nc2c1cnn2-c1ncccn1. The molecule has 0 saturated heterocycles. The minimum atomic E-state index is -0.248. The largest absolute Gasteiger partial charge is 0.306 e. The molecule has 0 aliphatic heterocycles. The highest BCUT2D eigenvalue weighted by Crippen LogP contribution is 2.12. The van der Waals surface area contributed by atoms with E-state index in [1.54, 1.807) is 35.9 Å².